The molecule has 1 saturated heterocycles. The van der Waals surface area contributed by atoms with Crippen LogP contribution in [-0.4, -0.2) is 60.9 Å². The van der Waals surface area contributed by atoms with Crippen molar-refractivity contribution in [3.63, 3.8) is 0 Å². The Balaban J connectivity index is 0.00000450. The molecule has 0 aliphatic carbocycles. The highest BCUT2D eigenvalue weighted by molar-refractivity contribution is 8.14. The van der Waals surface area contributed by atoms with Crippen molar-refractivity contribution in [1.82, 2.24) is 15.6 Å². The fourth-order valence-electron chi connectivity index (χ4n) is 2.47. The Bertz CT molecular complexity index is 790. The number of hydrogen-bond acceptors (Lipinski definition) is 7. The second-order valence-electron chi connectivity index (χ2n) is 6.78. The molecule has 1 aromatic carbocycles. The first-order valence-corrected chi connectivity index (χ1v) is 10.1. The van der Waals surface area contributed by atoms with Crippen LogP contribution in [0.1, 0.15) is 25.5 Å². The first-order chi connectivity index (χ1) is 13.8. The van der Waals surface area contributed by atoms with Crippen molar-refractivity contribution in [2.24, 2.45) is 11.0 Å². The maximum Gasteiger partial charge on any atom is 0.408 e. The van der Waals surface area contributed by atoms with Gasteiger partial charge in [-0.1, -0.05) is 43.8 Å². The first-order valence-electron chi connectivity index (χ1n) is 9.15. The van der Waals surface area contributed by atoms with Crippen molar-refractivity contribution in [3.8, 4) is 5.75 Å². The summed E-state index contributed by atoms with van der Waals surface area (Å²) in [7, 11) is 3.29. The number of methoxy groups -OCH3 is 1. The van der Waals surface area contributed by atoms with E-state index >= 15 is 0 Å². The van der Waals surface area contributed by atoms with Crippen LogP contribution in [0.4, 0.5) is 4.79 Å². The van der Waals surface area contributed by atoms with Gasteiger partial charge in [0.2, 0.25) is 5.78 Å². The maximum absolute atomic E-state index is 12.8. The first kappa shape index (κ1) is 25.6. The molecule has 1 heterocycles. The van der Waals surface area contributed by atoms with Gasteiger partial charge >= 0.3 is 12.0 Å². The molecule has 0 spiro atoms. The van der Waals surface area contributed by atoms with E-state index < -0.39 is 23.8 Å². The summed E-state index contributed by atoms with van der Waals surface area (Å²) in [5, 5.41) is 7.07. The van der Waals surface area contributed by atoms with Crippen molar-refractivity contribution in [2.75, 3.05) is 33.1 Å². The van der Waals surface area contributed by atoms with Gasteiger partial charge in [0, 0.05) is 24.9 Å². The number of thioether (sulfide) groups is 1. The lowest BCUT2D eigenvalue weighted by Gasteiger charge is -2.20. The second kappa shape index (κ2) is 12.3. The van der Waals surface area contributed by atoms with Crippen LogP contribution >= 0.6 is 24.2 Å². The molecule has 1 aliphatic heterocycles. The van der Waals surface area contributed by atoms with Gasteiger partial charge in [-0.2, -0.15) is 0 Å². The Labute approximate surface area is 186 Å². The standard InChI is InChI=1S/C19H26N4O5S.ClH/c1-12(2)11-28-19(26)20-15(13-7-5-6-8-14(13)27-4)16(24)17(25)21-22-18-23(3)9-10-29-18;/h5-8,12,15H,9-11H2,1-4H3,(H,20,26)(H,21,25);1H. The molecule has 2 N–H and O–H groups in total. The van der Waals surface area contributed by atoms with E-state index in [9.17, 15) is 14.4 Å². The molecule has 2 amide bonds. The average Bonchev–Trinajstić information content (AvgIpc) is 3.12. The molecule has 166 valence electrons. The van der Waals surface area contributed by atoms with E-state index in [1.54, 1.807) is 24.3 Å². The molecule has 1 atom stereocenters. The van der Waals surface area contributed by atoms with Crippen LogP contribution < -0.4 is 15.5 Å². The van der Waals surface area contributed by atoms with Crippen molar-refractivity contribution in [1.29, 1.82) is 0 Å². The number of ether oxygens (including phenoxy) is 2. The molecule has 0 radical (unpaired) electrons. The number of ketones is 1. The van der Waals surface area contributed by atoms with E-state index in [4.69, 9.17) is 9.47 Å². The summed E-state index contributed by atoms with van der Waals surface area (Å²) >= 11 is 1.48. The number of benzene rings is 1. The van der Waals surface area contributed by atoms with Gasteiger partial charge in [-0.05, 0) is 12.0 Å². The molecule has 0 aromatic heterocycles. The number of nitrogens with zero attached hydrogens (tertiary/aromatic N) is 2. The van der Waals surface area contributed by atoms with Crippen LogP contribution in [-0.2, 0) is 14.3 Å². The van der Waals surface area contributed by atoms with Crippen LogP contribution in [0.25, 0.3) is 0 Å². The lowest BCUT2D eigenvalue weighted by atomic mass is 10.0. The van der Waals surface area contributed by atoms with Crippen LogP contribution in [0, 0.1) is 5.92 Å². The number of nitrogens with one attached hydrogen (secondary N) is 2. The lowest BCUT2D eigenvalue weighted by molar-refractivity contribution is -0.139. The van der Waals surface area contributed by atoms with Crippen molar-refractivity contribution >= 4 is 47.1 Å². The fourth-order valence-corrected chi connectivity index (χ4v) is 3.44. The minimum atomic E-state index is -1.28. The molecule has 11 heteroatoms. The van der Waals surface area contributed by atoms with Crippen molar-refractivity contribution < 1.29 is 23.9 Å². The Kier molecular flexibility index (Phi) is 10.5. The summed E-state index contributed by atoms with van der Waals surface area (Å²) in [6.07, 6.45) is -0.798. The quantitative estimate of drug-likeness (QED) is 0.453. The number of alkyl carbamates (subject to hydrolysis) is 1. The van der Waals surface area contributed by atoms with Gasteiger partial charge in [-0.15, -0.1) is 17.5 Å². The molecule has 1 unspecified atom stereocenters. The highest BCUT2D eigenvalue weighted by Crippen LogP contribution is 2.26. The molecule has 1 fully saturated rings. The van der Waals surface area contributed by atoms with Gasteiger partial charge in [-0.25, -0.2) is 10.2 Å². The number of carbonyl (C=O) groups excluding carboxylic acids is 3. The molecule has 0 saturated carbocycles. The summed E-state index contributed by atoms with van der Waals surface area (Å²) in [6, 6.07) is 5.37. The largest absolute Gasteiger partial charge is 0.496 e. The van der Waals surface area contributed by atoms with Crippen LogP contribution in [0.15, 0.2) is 29.4 Å². The second-order valence-corrected chi connectivity index (χ2v) is 7.84. The number of halogens is 1. The molecular formula is C19H27ClN4O5S. The molecular weight excluding hydrogens is 432 g/mol. The molecule has 1 aromatic rings. The van der Waals surface area contributed by atoms with Gasteiger partial charge < -0.3 is 19.7 Å². The maximum atomic E-state index is 12.8. The minimum Gasteiger partial charge on any atom is -0.496 e. The smallest absolute Gasteiger partial charge is 0.408 e. The van der Waals surface area contributed by atoms with Gasteiger partial charge in [0.15, 0.2) is 5.17 Å². The number of amides is 2. The third-order valence-electron chi connectivity index (χ3n) is 3.98. The van der Waals surface area contributed by atoms with Gasteiger partial charge in [0.05, 0.1) is 13.7 Å². The number of Topliss-reactive ketones (excluding diaryl/α,β-unsaturated/α-hetero) is 1. The van der Waals surface area contributed by atoms with Gasteiger partial charge in [0.1, 0.15) is 11.8 Å². The molecule has 9 nitrogen and oxygen atoms in total. The summed E-state index contributed by atoms with van der Waals surface area (Å²) in [4.78, 5) is 39.3. The summed E-state index contributed by atoms with van der Waals surface area (Å²) < 4.78 is 10.4. The van der Waals surface area contributed by atoms with Gasteiger partial charge in [-0.3, -0.25) is 9.59 Å². The molecule has 0 bridgehead atoms. The SMILES string of the molecule is COc1ccccc1C(NC(=O)OCC(C)C)C(=O)C(=O)NN=C1SCCN1C.Cl. The topological polar surface area (TPSA) is 109 Å². The Morgan fingerprint density at radius 2 is 1.97 bits per heavy atom. The van der Waals surface area contributed by atoms with E-state index in [1.165, 1.54) is 18.9 Å². The Morgan fingerprint density at radius 1 is 1.27 bits per heavy atom. The minimum absolute atomic E-state index is 0. The van der Waals surface area contributed by atoms with Crippen LogP contribution in [0.2, 0.25) is 0 Å². The zero-order chi connectivity index (χ0) is 21.4. The molecule has 1 aliphatic rings. The number of rotatable bonds is 8. The number of hydrazone groups is 1. The van der Waals surface area contributed by atoms with Crippen LogP contribution in [0.3, 0.4) is 0 Å². The Morgan fingerprint density at radius 3 is 2.57 bits per heavy atom. The zero-order valence-electron chi connectivity index (χ0n) is 17.3. The monoisotopic (exact) mass is 458 g/mol. The van der Waals surface area contributed by atoms with E-state index in [2.05, 4.69) is 15.8 Å². The normalized spacial score (nSPS) is 15.4. The Hall–Kier alpha value is -2.46. The lowest BCUT2D eigenvalue weighted by Crippen LogP contribution is -2.41. The number of carbonyl (C=O) groups is 3. The molecule has 2 rings (SSSR count). The van der Waals surface area contributed by atoms with E-state index in [0.717, 1.165) is 12.3 Å². The predicted molar refractivity (Wildman–Crippen MR) is 118 cm³/mol. The van der Waals surface area contributed by atoms with E-state index in [-0.39, 0.29) is 24.9 Å². The third kappa shape index (κ3) is 7.10. The number of para-hydroxylation sites is 1. The summed E-state index contributed by atoms with van der Waals surface area (Å²) in [5.74, 6) is -0.488. The fraction of sp³-hybridized carbons (Fsp3) is 0.474. The van der Waals surface area contributed by atoms with Crippen molar-refractivity contribution in [3.05, 3.63) is 29.8 Å². The highest BCUT2D eigenvalue weighted by atomic mass is 35.5. The zero-order valence-corrected chi connectivity index (χ0v) is 19.0. The predicted octanol–water partition coefficient (Wildman–Crippen LogP) is 2.18. The highest BCUT2D eigenvalue weighted by Gasteiger charge is 2.31. The van der Waals surface area contributed by atoms with Crippen LogP contribution in [0.5, 0.6) is 5.75 Å². The number of hydrogen-bond donors (Lipinski definition) is 2. The van der Waals surface area contributed by atoms with E-state index in [0.29, 0.717) is 16.5 Å². The van der Waals surface area contributed by atoms with Gasteiger partial charge in [0.25, 0.3) is 0 Å². The molecule has 30 heavy (non-hydrogen) atoms. The number of amidine groups is 1. The third-order valence-corrected chi connectivity index (χ3v) is 5.03. The summed E-state index contributed by atoms with van der Waals surface area (Å²) in [6.45, 7) is 4.77. The summed E-state index contributed by atoms with van der Waals surface area (Å²) in [5.41, 5.74) is 2.61. The average molecular weight is 459 g/mol. The van der Waals surface area contributed by atoms with Crippen molar-refractivity contribution in [2.45, 2.75) is 19.9 Å². The van der Waals surface area contributed by atoms with E-state index in [1.807, 2.05) is 25.8 Å².